The molecule has 2 amide bonds. The third kappa shape index (κ3) is 4.63. The summed E-state index contributed by atoms with van der Waals surface area (Å²) in [6.07, 6.45) is 1.43. The first-order chi connectivity index (χ1) is 13.6. The van der Waals surface area contributed by atoms with Gasteiger partial charge in [0.25, 0.3) is 5.91 Å². The lowest BCUT2D eigenvalue weighted by Crippen LogP contribution is -2.49. The van der Waals surface area contributed by atoms with Crippen molar-refractivity contribution in [3.63, 3.8) is 0 Å². The van der Waals surface area contributed by atoms with E-state index in [-0.39, 0.29) is 11.0 Å². The maximum atomic E-state index is 12.9. The molecule has 0 atom stereocenters. The summed E-state index contributed by atoms with van der Waals surface area (Å²) >= 11 is 5.15. The Morgan fingerprint density at radius 2 is 1.46 bits per heavy atom. The molecule has 1 heterocycles. The fraction of sp³-hybridized carbons (Fsp3) is 0.0952. The van der Waals surface area contributed by atoms with Gasteiger partial charge in [0.2, 0.25) is 5.91 Å². The molecule has 3 aromatic rings. The number of thiocarbonyl (C=S) groups is 1. The first-order valence-corrected chi connectivity index (χ1v) is 9.02. The Bertz CT molecular complexity index is 931. The van der Waals surface area contributed by atoms with Gasteiger partial charge in [0.15, 0.2) is 5.11 Å². The van der Waals surface area contributed by atoms with E-state index < -0.39 is 11.8 Å². The van der Waals surface area contributed by atoms with E-state index in [0.29, 0.717) is 11.3 Å². The number of aryl methyl sites for hydroxylation is 1. The van der Waals surface area contributed by atoms with Crippen LogP contribution in [-0.4, -0.2) is 16.9 Å². The van der Waals surface area contributed by atoms with Crippen LogP contribution in [0.2, 0.25) is 0 Å². The van der Waals surface area contributed by atoms with Crippen molar-refractivity contribution in [3.05, 3.63) is 95.4 Å². The lowest BCUT2D eigenvalue weighted by atomic mass is 9.90. The fourth-order valence-electron chi connectivity index (χ4n) is 2.80. The van der Waals surface area contributed by atoms with Gasteiger partial charge < -0.3 is 9.73 Å². The minimum Gasteiger partial charge on any atom is -0.469 e. The Labute approximate surface area is 167 Å². The Morgan fingerprint density at radius 3 is 1.96 bits per heavy atom. The minimum atomic E-state index is -0.533. The van der Waals surface area contributed by atoms with Crippen LogP contribution in [0, 0.1) is 6.92 Å². The van der Waals surface area contributed by atoms with Crippen molar-refractivity contribution < 1.29 is 14.0 Å². The van der Waals surface area contributed by atoms with Crippen LogP contribution in [-0.2, 0) is 4.79 Å². The number of carbonyl (C=O) groups excluding carboxylic acids is 2. The van der Waals surface area contributed by atoms with E-state index in [0.717, 1.165) is 11.1 Å². The Kier molecular flexibility index (Phi) is 6.18. The minimum absolute atomic E-state index is 0.00337. The summed E-state index contributed by atoms with van der Waals surface area (Å²) in [6, 6.07) is 20.4. The first kappa shape index (κ1) is 19.3. The number of rotatable bonds is 4. The molecule has 0 fully saturated rings. The monoisotopic (exact) mass is 393 g/mol. The van der Waals surface area contributed by atoms with Crippen LogP contribution < -0.4 is 16.2 Å². The van der Waals surface area contributed by atoms with Crippen LogP contribution in [0.5, 0.6) is 0 Å². The molecule has 28 heavy (non-hydrogen) atoms. The largest absolute Gasteiger partial charge is 0.469 e. The molecule has 7 heteroatoms. The summed E-state index contributed by atoms with van der Waals surface area (Å²) in [7, 11) is 0. The Morgan fingerprint density at radius 1 is 0.893 bits per heavy atom. The molecule has 1 aromatic heterocycles. The van der Waals surface area contributed by atoms with Gasteiger partial charge in [-0.1, -0.05) is 60.7 Å². The molecule has 3 N–H and O–H groups in total. The highest BCUT2D eigenvalue weighted by atomic mass is 32.1. The third-order valence-electron chi connectivity index (χ3n) is 4.16. The van der Waals surface area contributed by atoms with E-state index in [1.54, 1.807) is 13.0 Å². The number of hydrogen-bond donors (Lipinski definition) is 3. The molecule has 0 aliphatic rings. The topological polar surface area (TPSA) is 83.4 Å². The summed E-state index contributed by atoms with van der Waals surface area (Å²) in [4.78, 5) is 25.0. The average molecular weight is 393 g/mol. The smallest absolute Gasteiger partial charge is 0.273 e. The van der Waals surface area contributed by atoms with Crippen molar-refractivity contribution in [3.8, 4) is 0 Å². The van der Waals surface area contributed by atoms with Crippen molar-refractivity contribution in [2.45, 2.75) is 12.8 Å². The highest BCUT2D eigenvalue weighted by Crippen LogP contribution is 2.24. The van der Waals surface area contributed by atoms with Crippen LogP contribution in [0.15, 0.2) is 77.4 Å². The van der Waals surface area contributed by atoms with Crippen molar-refractivity contribution in [2.24, 2.45) is 0 Å². The third-order valence-corrected chi connectivity index (χ3v) is 4.36. The van der Waals surface area contributed by atoms with Gasteiger partial charge >= 0.3 is 0 Å². The molecule has 0 saturated carbocycles. The molecule has 6 nitrogen and oxygen atoms in total. The second-order valence-corrected chi connectivity index (χ2v) is 6.45. The number of nitrogens with one attached hydrogen (secondary N) is 3. The van der Waals surface area contributed by atoms with E-state index in [4.69, 9.17) is 16.6 Å². The van der Waals surface area contributed by atoms with Gasteiger partial charge in [-0.25, -0.2) is 0 Å². The SMILES string of the molecule is Cc1occc1C(=O)NNC(=S)NC(=O)C(c1ccccc1)c1ccccc1. The van der Waals surface area contributed by atoms with Gasteiger partial charge in [0.1, 0.15) is 5.76 Å². The van der Waals surface area contributed by atoms with Crippen LogP contribution in [0.3, 0.4) is 0 Å². The molecule has 0 saturated heterocycles. The molecule has 2 aromatic carbocycles. The van der Waals surface area contributed by atoms with Crippen molar-refractivity contribution in [2.75, 3.05) is 0 Å². The molecule has 0 aliphatic heterocycles. The van der Waals surface area contributed by atoms with E-state index in [1.807, 2.05) is 60.7 Å². The van der Waals surface area contributed by atoms with Crippen LogP contribution >= 0.6 is 12.2 Å². The molecular formula is C21H19N3O3S. The van der Waals surface area contributed by atoms with Gasteiger partial charge in [-0.2, -0.15) is 0 Å². The van der Waals surface area contributed by atoms with Crippen molar-refractivity contribution in [1.29, 1.82) is 0 Å². The summed E-state index contributed by atoms with van der Waals surface area (Å²) < 4.78 is 5.10. The fourth-order valence-corrected chi connectivity index (χ4v) is 2.95. The molecule has 142 valence electrons. The maximum absolute atomic E-state index is 12.9. The van der Waals surface area contributed by atoms with Crippen LogP contribution in [0.1, 0.15) is 33.2 Å². The van der Waals surface area contributed by atoms with Gasteiger partial charge in [0, 0.05) is 0 Å². The number of amides is 2. The van der Waals surface area contributed by atoms with E-state index in [2.05, 4.69) is 16.2 Å². The highest BCUT2D eigenvalue weighted by molar-refractivity contribution is 7.80. The number of furan rings is 1. The number of carbonyl (C=O) groups is 2. The number of benzene rings is 2. The summed E-state index contributed by atoms with van der Waals surface area (Å²) in [5.41, 5.74) is 7.05. The number of hydrogen-bond acceptors (Lipinski definition) is 4. The predicted octanol–water partition coefficient (Wildman–Crippen LogP) is 3.06. The zero-order valence-corrected chi connectivity index (χ0v) is 16.0. The summed E-state index contributed by atoms with van der Waals surface area (Å²) in [5.74, 6) is -0.759. The Hall–Kier alpha value is -3.45. The zero-order chi connectivity index (χ0) is 19.9. The van der Waals surface area contributed by atoms with Crippen molar-refractivity contribution in [1.82, 2.24) is 16.2 Å². The maximum Gasteiger partial charge on any atom is 0.273 e. The molecule has 0 bridgehead atoms. The summed E-state index contributed by atoms with van der Waals surface area (Å²) in [5, 5.41) is 2.63. The molecular weight excluding hydrogens is 374 g/mol. The van der Waals surface area contributed by atoms with Gasteiger partial charge in [-0.05, 0) is 36.3 Å². The van der Waals surface area contributed by atoms with Crippen LogP contribution in [0.4, 0.5) is 0 Å². The van der Waals surface area contributed by atoms with E-state index >= 15 is 0 Å². The van der Waals surface area contributed by atoms with E-state index in [1.165, 1.54) is 6.26 Å². The van der Waals surface area contributed by atoms with Gasteiger partial charge in [-0.15, -0.1) is 0 Å². The molecule has 0 aliphatic carbocycles. The van der Waals surface area contributed by atoms with Gasteiger partial charge in [0.05, 0.1) is 17.7 Å². The predicted molar refractivity (Wildman–Crippen MR) is 110 cm³/mol. The second-order valence-electron chi connectivity index (χ2n) is 6.04. The molecule has 0 spiro atoms. The quantitative estimate of drug-likeness (QED) is 0.469. The number of hydrazine groups is 1. The second kappa shape index (κ2) is 8.96. The van der Waals surface area contributed by atoms with Crippen molar-refractivity contribution >= 4 is 29.1 Å². The van der Waals surface area contributed by atoms with Gasteiger partial charge in [-0.3, -0.25) is 20.4 Å². The lowest BCUT2D eigenvalue weighted by molar-refractivity contribution is -0.120. The molecule has 0 unspecified atom stereocenters. The van der Waals surface area contributed by atoms with E-state index in [9.17, 15) is 9.59 Å². The average Bonchev–Trinajstić information content (AvgIpc) is 3.14. The highest BCUT2D eigenvalue weighted by Gasteiger charge is 2.23. The van der Waals surface area contributed by atoms with Crippen LogP contribution in [0.25, 0.3) is 0 Å². The standard InChI is InChI=1S/C21H19N3O3S/c1-14-17(12-13-27-14)19(25)23-24-21(28)22-20(26)18(15-8-4-2-5-9-15)16-10-6-3-7-11-16/h2-13,18H,1H3,(H,23,25)(H2,22,24,26,28). The first-order valence-electron chi connectivity index (χ1n) is 8.61. The normalized spacial score (nSPS) is 10.4. The molecule has 3 rings (SSSR count). The Balaban J connectivity index is 1.67. The lowest BCUT2D eigenvalue weighted by Gasteiger charge is -2.18. The zero-order valence-electron chi connectivity index (χ0n) is 15.1. The summed E-state index contributed by atoms with van der Waals surface area (Å²) in [6.45, 7) is 1.68. The molecule has 0 radical (unpaired) electrons.